The molecule has 0 radical (unpaired) electrons. The lowest BCUT2D eigenvalue weighted by Crippen LogP contribution is -2.12. The van der Waals surface area contributed by atoms with E-state index in [1.54, 1.807) is 42.5 Å². The van der Waals surface area contributed by atoms with E-state index < -0.39 is 0 Å². The van der Waals surface area contributed by atoms with E-state index in [4.69, 9.17) is 4.74 Å². The van der Waals surface area contributed by atoms with Crippen molar-refractivity contribution in [3.63, 3.8) is 0 Å². The SMILES string of the molecule is COc1ccc(NC=O)cc1NC(=O)c1ccccc1. The lowest BCUT2D eigenvalue weighted by Gasteiger charge is -2.11. The number of carbonyl (C=O) groups excluding carboxylic acids is 2. The predicted molar refractivity (Wildman–Crippen MR) is 77.1 cm³/mol. The summed E-state index contributed by atoms with van der Waals surface area (Å²) in [5.74, 6) is 0.276. The van der Waals surface area contributed by atoms with Crippen molar-refractivity contribution in [2.24, 2.45) is 0 Å². The van der Waals surface area contributed by atoms with Gasteiger partial charge in [0.1, 0.15) is 5.75 Å². The Bertz CT molecular complexity index is 612. The molecule has 5 nitrogen and oxygen atoms in total. The zero-order chi connectivity index (χ0) is 14.4. The third-order valence-corrected chi connectivity index (χ3v) is 2.71. The van der Waals surface area contributed by atoms with Crippen LogP contribution in [0.3, 0.4) is 0 Å². The number of anilines is 2. The quantitative estimate of drug-likeness (QED) is 0.820. The van der Waals surface area contributed by atoms with Gasteiger partial charge in [-0.15, -0.1) is 0 Å². The summed E-state index contributed by atoms with van der Waals surface area (Å²) in [5, 5.41) is 5.28. The van der Waals surface area contributed by atoms with Crippen LogP contribution < -0.4 is 15.4 Å². The van der Waals surface area contributed by atoms with E-state index in [0.29, 0.717) is 29.1 Å². The molecule has 5 heteroatoms. The monoisotopic (exact) mass is 270 g/mol. The first-order valence-electron chi connectivity index (χ1n) is 5.99. The van der Waals surface area contributed by atoms with Crippen LogP contribution >= 0.6 is 0 Å². The van der Waals surface area contributed by atoms with Gasteiger partial charge in [-0.3, -0.25) is 9.59 Å². The fourth-order valence-electron chi connectivity index (χ4n) is 1.75. The van der Waals surface area contributed by atoms with Crippen molar-refractivity contribution in [1.82, 2.24) is 0 Å². The second-order valence-electron chi connectivity index (χ2n) is 4.00. The number of ether oxygens (including phenoxy) is 1. The average Bonchev–Trinajstić information content (AvgIpc) is 2.49. The van der Waals surface area contributed by atoms with Gasteiger partial charge >= 0.3 is 0 Å². The minimum absolute atomic E-state index is 0.243. The smallest absolute Gasteiger partial charge is 0.255 e. The van der Waals surface area contributed by atoms with Crippen molar-refractivity contribution in [3.8, 4) is 5.75 Å². The van der Waals surface area contributed by atoms with Crippen LogP contribution in [0.25, 0.3) is 0 Å². The topological polar surface area (TPSA) is 67.4 Å². The summed E-state index contributed by atoms with van der Waals surface area (Å²) in [7, 11) is 1.51. The Kier molecular flexibility index (Phi) is 4.34. The molecule has 0 spiro atoms. The molecular weight excluding hydrogens is 256 g/mol. The minimum Gasteiger partial charge on any atom is -0.495 e. The van der Waals surface area contributed by atoms with Crippen LogP contribution in [0.2, 0.25) is 0 Å². The fraction of sp³-hybridized carbons (Fsp3) is 0.0667. The number of carbonyl (C=O) groups is 2. The van der Waals surface area contributed by atoms with Crippen LogP contribution in [0, 0.1) is 0 Å². The first-order valence-corrected chi connectivity index (χ1v) is 5.99. The fourth-order valence-corrected chi connectivity index (χ4v) is 1.75. The molecular formula is C15H14N2O3. The largest absolute Gasteiger partial charge is 0.495 e. The number of benzene rings is 2. The number of amides is 2. The summed E-state index contributed by atoms with van der Waals surface area (Å²) in [6.07, 6.45) is 0.574. The van der Waals surface area contributed by atoms with Crippen LogP contribution in [0.4, 0.5) is 11.4 Å². The molecule has 0 saturated carbocycles. The molecule has 2 aromatic rings. The second-order valence-corrected chi connectivity index (χ2v) is 4.00. The lowest BCUT2D eigenvalue weighted by atomic mass is 10.2. The Morgan fingerprint density at radius 3 is 2.55 bits per heavy atom. The zero-order valence-corrected chi connectivity index (χ0v) is 10.9. The Morgan fingerprint density at radius 1 is 1.15 bits per heavy atom. The Labute approximate surface area is 116 Å². The number of nitrogens with one attached hydrogen (secondary N) is 2. The Morgan fingerprint density at radius 2 is 1.90 bits per heavy atom. The molecule has 2 N–H and O–H groups in total. The van der Waals surface area contributed by atoms with E-state index in [2.05, 4.69) is 10.6 Å². The summed E-state index contributed by atoms with van der Waals surface area (Å²) < 4.78 is 5.18. The molecule has 0 aliphatic heterocycles. The highest BCUT2D eigenvalue weighted by molar-refractivity contribution is 6.05. The van der Waals surface area contributed by atoms with Gasteiger partial charge in [0.15, 0.2) is 0 Å². The molecule has 0 saturated heterocycles. The van der Waals surface area contributed by atoms with Crippen LogP contribution in [-0.2, 0) is 4.79 Å². The molecule has 0 aliphatic carbocycles. The highest BCUT2D eigenvalue weighted by atomic mass is 16.5. The molecule has 0 aliphatic rings. The van der Waals surface area contributed by atoms with Gasteiger partial charge in [0.2, 0.25) is 6.41 Å². The van der Waals surface area contributed by atoms with Crippen molar-refractivity contribution in [2.45, 2.75) is 0 Å². The van der Waals surface area contributed by atoms with Gasteiger partial charge < -0.3 is 15.4 Å². The first kappa shape index (κ1) is 13.6. The molecule has 2 amide bonds. The summed E-state index contributed by atoms with van der Waals surface area (Å²) in [6, 6.07) is 13.8. The third-order valence-electron chi connectivity index (χ3n) is 2.71. The van der Waals surface area contributed by atoms with Gasteiger partial charge in [-0.2, -0.15) is 0 Å². The van der Waals surface area contributed by atoms with Crippen molar-refractivity contribution in [1.29, 1.82) is 0 Å². The summed E-state index contributed by atoms with van der Waals surface area (Å²) in [5.41, 5.74) is 1.61. The van der Waals surface area contributed by atoms with Gasteiger partial charge in [0.05, 0.1) is 12.8 Å². The second kappa shape index (κ2) is 6.38. The standard InChI is InChI=1S/C15H14N2O3/c1-20-14-8-7-12(16-10-18)9-13(14)17-15(19)11-5-3-2-4-6-11/h2-10H,1H3,(H,16,18)(H,17,19). The number of rotatable bonds is 5. The third kappa shape index (κ3) is 3.14. The Hall–Kier alpha value is -2.82. The van der Waals surface area contributed by atoms with Crippen molar-refractivity contribution in [2.75, 3.05) is 17.7 Å². The maximum absolute atomic E-state index is 12.1. The normalized spacial score (nSPS) is 9.65. The number of methoxy groups -OCH3 is 1. The van der Waals surface area contributed by atoms with E-state index in [9.17, 15) is 9.59 Å². The molecule has 0 aromatic heterocycles. The molecule has 2 rings (SSSR count). The van der Waals surface area contributed by atoms with Gasteiger partial charge in [-0.1, -0.05) is 18.2 Å². The molecule has 0 heterocycles. The van der Waals surface area contributed by atoms with Crippen LogP contribution in [0.15, 0.2) is 48.5 Å². The van der Waals surface area contributed by atoms with Crippen LogP contribution in [0.5, 0.6) is 5.75 Å². The lowest BCUT2D eigenvalue weighted by molar-refractivity contribution is -0.105. The van der Waals surface area contributed by atoms with Gasteiger partial charge in [-0.25, -0.2) is 0 Å². The average molecular weight is 270 g/mol. The first-order chi connectivity index (χ1) is 9.74. The van der Waals surface area contributed by atoms with Gasteiger partial charge in [0.25, 0.3) is 5.91 Å². The zero-order valence-electron chi connectivity index (χ0n) is 10.9. The molecule has 0 unspecified atom stereocenters. The van der Waals surface area contributed by atoms with E-state index in [-0.39, 0.29) is 5.91 Å². The molecule has 0 fully saturated rings. The van der Waals surface area contributed by atoms with Crippen LogP contribution in [-0.4, -0.2) is 19.4 Å². The van der Waals surface area contributed by atoms with Gasteiger partial charge in [-0.05, 0) is 30.3 Å². The highest BCUT2D eigenvalue weighted by Crippen LogP contribution is 2.28. The van der Waals surface area contributed by atoms with Crippen LogP contribution in [0.1, 0.15) is 10.4 Å². The van der Waals surface area contributed by atoms with E-state index in [1.165, 1.54) is 7.11 Å². The Balaban J connectivity index is 2.25. The van der Waals surface area contributed by atoms with Crippen molar-refractivity contribution in [3.05, 3.63) is 54.1 Å². The molecule has 20 heavy (non-hydrogen) atoms. The van der Waals surface area contributed by atoms with E-state index in [0.717, 1.165) is 0 Å². The predicted octanol–water partition coefficient (Wildman–Crippen LogP) is 2.52. The van der Waals surface area contributed by atoms with Crippen molar-refractivity contribution < 1.29 is 14.3 Å². The van der Waals surface area contributed by atoms with E-state index >= 15 is 0 Å². The van der Waals surface area contributed by atoms with Crippen molar-refractivity contribution >= 4 is 23.7 Å². The highest BCUT2D eigenvalue weighted by Gasteiger charge is 2.10. The molecule has 2 aromatic carbocycles. The molecule has 102 valence electrons. The number of hydrogen-bond donors (Lipinski definition) is 2. The maximum Gasteiger partial charge on any atom is 0.255 e. The maximum atomic E-state index is 12.1. The van der Waals surface area contributed by atoms with Gasteiger partial charge in [0, 0.05) is 11.3 Å². The summed E-state index contributed by atoms with van der Waals surface area (Å²) >= 11 is 0. The number of hydrogen-bond acceptors (Lipinski definition) is 3. The summed E-state index contributed by atoms with van der Waals surface area (Å²) in [4.78, 5) is 22.5. The van der Waals surface area contributed by atoms with E-state index in [1.807, 2.05) is 6.07 Å². The minimum atomic E-state index is -0.243. The summed E-state index contributed by atoms with van der Waals surface area (Å²) in [6.45, 7) is 0. The molecule has 0 bridgehead atoms. The molecule has 0 atom stereocenters.